The molecule has 0 fully saturated rings. The van der Waals surface area contributed by atoms with Crippen molar-refractivity contribution in [3.63, 3.8) is 0 Å². The van der Waals surface area contributed by atoms with Crippen molar-refractivity contribution in [2.24, 2.45) is 0 Å². The maximum absolute atomic E-state index is 13.2. The maximum atomic E-state index is 13.2. The van der Waals surface area contributed by atoms with Gasteiger partial charge < -0.3 is 4.98 Å². The summed E-state index contributed by atoms with van der Waals surface area (Å²) in [6, 6.07) is 11.5. The number of sulfone groups is 2. The minimum Gasteiger partial charge on any atom is -0.361 e. The lowest BCUT2D eigenvalue weighted by molar-refractivity contribution is 0.600. The van der Waals surface area contributed by atoms with Crippen LogP contribution in [0.25, 0.3) is 22.4 Å². The van der Waals surface area contributed by atoms with Crippen molar-refractivity contribution in [3.8, 4) is 22.4 Å². The molecule has 0 saturated carbocycles. The summed E-state index contributed by atoms with van der Waals surface area (Å²) in [5.74, 6) is -0.379. The molecule has 0 spiro atoms. The number of aromatic amines is 1. The van der Waals surface area contributed by atoms with Gasteiger partial charge in [0.1, 0.15) is 5.82 Å². The van der Waals surface area contributed by atoms with Gasteiger partial charge in [-0.05, 0) is 48.0 Å². The second kappa shape index (κ2) is 6.37. The molecule has 0 radical (unpaired) electrons. The number of H-pyrrole nitrogens is 1. The number of aromatic nitrogens is 1. The van der Waals surface area contributed by atoms with Crippen molar-refractivity contribution < 1.29 is 21.2 Å². The summed E-state index contributed by atoms with van der Waals surface area (Å²) in [4.78, 5) is 2.88. The molecule has 26 heavy (non-hydrogen) atoms. The van der Waals surface area contributed by atoms with Gasteiger partial charge in [-0.1, -0.05) is 6.07 Å². The van der Waals surface area contributed by atoms with Crippen molar-refractivity contribution in [2.45, 2.75) is 9.79 Å². The Bertz CT molecular complexity index is 1180. The van der Waals surface area contributed by atoms with Crippen LogP contribution in [-0.2, 0) is 19.7 Å². The van der Waals surface area contributed by atoms with Crippen LogP contribution in [0.5, 0.6) is 0 Å². The molecule has 5 nitrogen and oxygen atoms in total. The van der Waals surface area contributed by atoms with Crippen LogP contribution in [0.3, 0.4) is 0 Å². The van der Waals surface area contributed by atoms with E-state index in [9.17, 15) is 21.2 Å². The number of rotatable bonds is 4. The van der Waals surface area contributed by atoms with E-state index in [0.29, 0.717) is 22.4 Å². The molecule has 0 saturated heterocycles. The summed E-state index contributed by atoms with van der Waals surface area (Å²) >= 11 is 0. The second-order valence-electron chi connectivity index (χ2n) is 5.98. The van der Waals surface area contributed by atoms with Crippen LogP contribution in [0.4, 0.5) is 4.39 Å². The molecule has 136 valence electrons. The molecule has 3 rings (SSSR count). The third kappa shape index (κ3) is 3.56. The molecule has 0 aliphatic carbocycles. The summed E-state index contributed by atoms with van der Waals surface area (Å²) in [5, 5.41) is 0. The number of benzene rings is 2. The van der Waals surface area contributed by atoms with E-state index >= 15 is 0 Å². The molecule has 8 heteroatoms. The van der Waals surface area contributed by atoms with E-state index in [2.05, 4.69) is 4.98 Å². The monoisotopic (exact) mass is 393 g/mol. The number of hydrogen-bond acceptors (Lipinski definition) is 4. The highest BCUT2D eigenvalue weighted by Gasteiger charge is 2.21. The first-order chi connectivity index (χ1) is 12.1. The quantitative estimate of drug-likeness (QED) is 0.737. The Hall–Kier alpha value is -2.45. The number of nitrogens with one attached hydrogen (secondary N) is 1. The van der Waals surface area contributed by atoms with Gasteiger partial charge >= 0.3 is 0 Å². The van der Waals surface area contributed by atoms with Crippen molar-refractivity contribution >= 4 is 19.7 Å². The molecule has 1 aromatic heterocycles. The summed E-state index contributed by atoms with van der Waals surface area (Å²) in [6.07, 6.45) is 3.70. The third-order valence-electron chi connectivity index (χ3n) is 3.95. The second-order valence-corrected chi connectivity index (χ2v) is 9.98. The molecular formula is C18H16FNO4S2. The molecule has 0 atom stereocenters. The minimum absolute atomic E-state index is 0.0689. The fourth-order valence-electron chi connectivity index (χ4n) is 2.71. The van der Waals surface area contributed by atoms with Crippen LogP contribution in [-0.4, -0.2) is 34.3 Å². The zero-order valence-corrected chi connectivity index (χ0v) is 15.7. The fourth-order valence-corrected chi connectivity index (χ4v) is 4.35. The van der Waals surface area contributed by atoms with Crippen LogP contribution >= 0.6 is 0 Å². The lowest BCUT2D eigenvalue weighted by atomic mass is 10.0. The van der Waals surface area contributed by atoms with E-state index in [4.69, 9.17) is 0 Å². The molecule has 3 aromatic rings. The molecule has 1 N–H and O–H groups in total. The summed E-state index contributed by atoms with van der Waals surface area (Å²) in [5.41, 5.74) is 2.25. The highest BCUT2D eigenvalue weighted by Crippen LogP contribution is 2.36. The van der Waals surface area contributed by atoms with Gasteiger partial charge in [0.05, 0.1) is 15.5 Å². The minimum atomic E-state index is -3.69. The largest absolute Gasteiger partial charge is 0.361 e. The van der Waals surface area contributed by atoms with E-state index in [1.807, 2.05) is 0 Å². The van der Waals surface area contributed by atoms with Crippen LogP contribution in [0.2, 0.25) is 0 Å². The van der Waals surface area contributed by atoms with Gasteiger partial charge in [0, 0.05) is 29.8 Å². The van der Waals surface area contributed by atoms with Gasteiger partial charge in [-0.25, -0.2) is 21.2 Å². The molecule has 0 aliphatic heterocycles. The van der Waals surface area contributed by atoms with Crippen LogP contribution < -0.4 is 0 Å². The Balaban J connectivity index is 2.26. The smallest absolute Gasteiger partial charge is 0.176 e. The molecule has 2 aromatic carbocycles. The Morgan fingerprint density at radius 2 is 1.46 bits per heavy atom. The molecule has 0 unspecified atom stereocenters. The van der Waals surface area contributed by atoms with Gasteiger partial charge in [0.25, 0.3) is 0 Å². The van der Waals surface area contributed by atoms with E-state index in [1.165, 1.54) is 30.3 Å². The fraction of sp³-hybridized carbons (Fsp3) is 0.111. The van der Waals surface area contributed by atoms with Crippen molar-refractivity contribution in [1.29, 1.82) is 0 Å². The van der Waals surface area contributed by atoms with Crippen LogP contribution in [0.15, 0.2) is 64.5 Å². The van der Waals surface area contributed by atoms with Gasteiger partial charge in [0.15, 0.2) is 19.7 Å². The van der Waals surface area contributed by atoms with E-state index in [1.54, 1.807) is 24.4 Å². The molecule has 1 heterocycles. The Kier molecular flexibility index (Phi) is 4.49. The Labute approximate surface area is 151 Å². The average Bonchev–Trinajstić information content (AvgIpc) is 3.02. The van der Waals surface area contributed by atoms with Crippen molar-refractivity contribution in [3.05, 3.63) is 60.5 Å². The molecule has 0 bridgehead atoms. The normalized spacial score (nSPS) is 12.3. The first-order valence-corrected chi connectivity index (χ1v) is 11.3. The third-order valence-corrected chi connectivity index (χ3v) is 6.20. The van der Waals surface area contributed by atoms with Crippen LogP contribution in [0.1, 0.15) is 0 Å². The first-order valence-electron chi connectivity index (χ1n) is 7.55. The Morgan fingerprint density at radius 3 is 2.04 bits per heavy atom. The predicted octanol–water partition coefficient (Wildman–Crippen LogP) is 3.29. The predicted molar refractivity (Wildman–Crippen MR) is 97.8 cm³/mol. The SMILES string of the molecule is CS(=O)(=O)c1ccc(-c2cc[nH]c2-c2ccc(F)cc2)c(S(C)(=O)=O)c1. The highest BCUT2D eigenvalue weighted by molar-refractivity contribution is 7.91. The summed E-state index contributed by atoms with van der Waals surface area (Å²) < 4.78 is 61.3. The zero-order valence-electron chi connectivity index (χ0n) is 14.0. The van der Waals surface area contributed by atoms with Gasteiger partial charge in [-0.3, -0.25) is 0 Å². The first kappa shape index (κ1) is 18.3. The van der Waals surface area contributed by atoms with E-state index in [-0.39, 0.29) is 15.6 Å². The molecular weight excluding hydrogens is 377 g/mol. The van der Waals surface area contributed by atoms with E-state index < -0.39 is 19.7 Å². The summed E-state index contributed by atoms with van der Waals surface area (Å²) in [6.45, 7) is 0. The molecule has 0 amide bonds. The van der Waals surface area contributed by atoms with E-state index in [0.717, 1.165) is 12.5 Å². The van der Waals surface area contributed by atoms with Gasteiger partial charge in [-0.15, -0.1) is 0 Å². The zero-order chi connectivity index (χ0) is 19.1. The van der Waals surface area contributed by atoms with Gasteiger partial charge in [-0.2, -0.15) is 0 Å². The van der Waals surface area contributed by atoms with Crippen molar-refractivity contribution in [2.75, 3.05) is 12.5 Å². The average molecular weight is 393 g/mol. The summed E-state index contributed by atoms with van der Waals surface area (Å²) in [7, 11) is -7.24. The lowest BCUT2D eigenvalue weighted by Gasteiger charge is -2.11. The lowest BCUT2D eigenvalue weighted by Crippen LogP contribution is -2.04. The van der Waals surface area contributed by atoms with Crippen LogP contribution in [0, 0.1) is 5.82 Å². The highest BCUT2D eigenvalue weighted by atomic mass is 32.2. The van der Waals surface area contributed by atoms with Crippen molar-refractivity contribution in [1.82, 2.24) is 4.98 Å². The number of halogens is 1. The maximum Gasteiger partial charge on any atom is 0.176 e. The topological polar surface area (TPSA) is 84.1 Å². The standard InChI is InChI=1S/C18H16FNO4S2/c1-25(21,22)14-7-8-15(17(11-14)26(2,23)24)16-9-10-20-18(16)12-3-5-13(19)6-4-12/h3-11,20H,1-2H3. The Morgan fingerprint density at radius 1 is 0.808 bits per heavy atom. The molecule has 0 aliphatic rings. The number of hydrogen-bond donors (Lipinski definition) is 1. The van der Waals surface area contributed by atoms with Gasteiger partial charge in [0.2, 0.25) is 0 Å².